The maximum Gasteiger partial charge on any atom is 0.263 e. The number of ether oxygens (including phenoxy) is 1. The average molecular weight is 496 g/mol. The lowest BCUT2D eigenvalue weighted by Crippen LogP contribution is -2.22. The fourth-order valence-corrected chi connectivity index (χ4v) is 4.87. The molecule has 2 N–H and O–H groups in total. The molecule has 1 heterocycles. The number of sulfonamides is 1. The zero-order valence-electron chi connectivity index (χ0n) is 19.0. The minimum atomic E-state index is -3.51. The van der Waals surface area contributed by atoms with Crippen molar-refractivity contribution in [2.75, 3.05) is 6.54 Å². The summed E-state index contributed by atoms with van der Waals surface area (Å²) in [6, 6.07) is 19.9. The molecule has 182 valence electrons. The lowest BCUT2D eigenvalue weighted by atomic mass is 10.1. The summed E-state index contributed by atoms with van der Waals surface area (Å²) in [5.74, 6) is 1.22. The van der Waals surface area contributed by atoms with Crippen molar-refractivity contribution >= 4 is 21.8 Å². The molecule has 0 radical (unpaired) electrons. The van der Waals surface area contributed by atoms with Crippen molar-refractivity contribution in [3.8, 4) is 11.5 Å². The summed E-state index contributed by atoms with van der Waals surface area (Å²) in [5.41, 5.74) is 1.54. The van der Waals surface area contributed by atoms with Gasteiger partial charge in [-0.25, -0.2) is 12.8 Å². The van der Waals surface area contributed by atoms with Crippen LogP contribution in [0.2, 0.25) is 0 Å². The molecule has 1 aliphatic heterocycles. The number of halogens is 1. The Morgan fingerprint density at radius 3 is 2.34 bits per heavy atom. The van der Waals surface area contributed by atoms with E-state index in [1.54, 1.807) is 48.5 Å². The van der Waals surface area contributed by atoms with Crippen LogP contribution in [0.15, 0.2) is 82.7 Å². The summed E-state index contributed by atoms with van der Waals surface area (Å²) >= 11 is 0. The minimum absolute atomic E-state index is 0.0274. The largest absolute Gasteiger partial charge is 0.457 e. The molecule has 0 saturated heterocycles. The van der Waals surface area contributed by atoms with Crippen molar-refractivity contribution in [1.82, 2.24) is 10.0 Å². The number of hydrogen-bond donors (Lipinski definition) is 2. The summed E-state index contributed by atoms with van der Waals surface area (Å²) in [5, 5.41) is 2.90. The van der Waals surface area contributed by atoms with Gasteiger partial charge in [-0.05, 0) is 66.9 Å². The van der Waals surface area contributed by atoms with Gasteiger partial charge in [-0.3, -0.25) is 14.5 Å². The van der Waals surface area contributed by atoms with Crippen molar-refractivity contribution in [2.45, 2.75) is 37.1 Å². The highest BCUT2D eigenvalue weighted by atomic mass is 32.2. The third-order valence-corrected chi connectivity index (χ3v) is 6.85. The zero-order valence-corrected chi connectivity index (χ0v) is 19.9. The summed E-state index contributed by atoms with van der Waals surface area (Å²) in [6.07, 6.45) is 2.71. The first-order valence-corrected chi connectivity index (χ1v) is 12.8. The maximum atomic E-state index is 13.0. The Hall–Kier alpha value is -3.72. The van der Waals surface area contributed by atoms with Crippen LogP contribution in [0.3, 0.4) is 0 Å². The number of carbonyl (C=O) groups is 1. The molecule has 35 heavy (non-hydrogen) atoms. The van der Waals surface area contributed by atoms with E-state index in [-0.39, 0.29) is 16.6 Å². The number of unbranched alkanes of at least 4 members (excludes halogenated alkanes) is 2. The van der Waals surface area contributed by atoms with Gasteiger partial charge in [-0.2, -0.15) is 0 Å². The van der Waals surface area contributed by atoms with E-state index in [4.69, 9.17) is 4.74 Å². The molecule has 0 atom stereocenters. The van der Waals surface area contributed by atoms with Gasteiger partial charge in [0.2, 0.25) is 5.91 Å². The Morgan fingerprint density at radius 1 is 0.914 bits per heavy atom. The zero-order chi connectivity index (χ0) is 24.7. The van der Waals surface area contributed by atoms with Crippen molar-refractivity contribution in [2.24, 2.45) is 4.99 Å². The monoisotopic (exact) mass is 495 g/mol. The molecule has 0 saturated carbocycles. The standard InChI is InChI=1S/C26H26FN3O4S/c27-20-11-15-22(16-12-20)34-21-13-9-19(10-14-21)18-29-25(31)8-2-1-5-17-28-26-23-6-3-4-7-24(23)35(32,33)30-26/h3-4,6-7,9-16H,1-2,5,8,17-18H2,(H,28,30)(H,29,31). The SMILES string of the molecule is O=C(CCCCCN=C1NS(=O)(=O)c2ccccc21)NCc1ccc(Oc2ccc(F)cc2)cc1. The lowest BCUT2D eigenvalue weighted by Gasteiger charge is -2.08. The molecule has 0 fully saturated rings. The van der Waals surface area contributed by atoms with Gasteiger partial charge in [-0.1, -0.05) is 30.7 Å². The Labute approximate surface area is 204 Å². The number of fused-ring (bicyclic) bond motifs is 1. The topological polar surface area (TPSA) is 96.9 Å². The smallest absolute Gasteiger partial charge is 0.263 e. The maximum absolute atomic E-state index is 13.0. The fourth-order valence-electron chi connectivity index (χ4n) is 3.62. The molecule has 0 unspecified atom stereocenters. The van der Waals surface area contributed by atoms with Gasteiger partial charge in [0.05, 0.1) is 4.90 Å². The normalized spacial score (nSPS) is 14.8. The number of benzene rings is 3. The third kappa shape index (κ3) is 6.66. The Kier molecular flexibility index (Phi) is 7.77. The highest BCUT2D eigenvalue weighted by molar-refractivity contribution is 7.90. The molecule has 0 aromatic heterocycles. The number of carbonyl (C=O) groups excluding carboxylic acids is 1. The van der Waals surface area contributed by atoms with Crippen LogP contribution in [0.4, 0.5) is 4.39 Å². The lowest BCUT2D eigenvalue weighted by molar-refractivity contribution is -0.121. The van der Waals surface area contributed by atoms with Crippen molar-refractivity contribution in [1.29, 1.82) is 0 Å². The van der Waals surface area contributed by atoms with E-state index in [9.17, 15) is 17.6 Å². The fraction of sp³-hybridized carbons (Fsp3) is 0.231. The van der Waals surface area contributed by atoms with Crippen LogP contribution in [0.1, 0.15) is 36.8 Å². The Morgan fingerprint density at radius 2 is 1.60 bits per heavy atom. The summed E-state index contributed by atoms with van der Waals surface area (Å²) in [7, 11) is -3.51. The Balaban J connectivity index is 1.13. The second kappa shape index (κ2) is 11.1. The molecule has 7 nitrogen and oxygen atoms in total. The molecule has 0 bridgehead atoms. The second-order valence-corrected chi connectivity index (χ2v) is 9.77. The molecule has 0 spiro atoms. The van der Waals surface area contributed by atoms with Crippen LogP contribution in [0.5, 0.6) is 11.5 Å². The van der Waals surface area contributed by atoms with Crippen LogP contribution in [0.25, 0.3) is 0 Å². The van der Waals surface area contributed by atoms with E-state index in [0.717, 1.165) is 24.8 Å². The molecule has 3 aromatic carbocycles. The summed E-state index contributed by atoms with van der Waals surface area (Å²) < 4.78 is 45.3. The van der Waals surface area contributed by atoms with Crippen molar-refractivity contribution in [3.05, 3.63) is 89.7 Å². The van der Waals surface area contributed by atoms with E-state index in [0.29, 0.717) is 42.4 Å². The molecular weight excluding hydrogens is 469 g/mol. The van der Waals surface area contributed by atoms with Crippen LogP contribution >= 0.6 is 0 Å². The minimum Gasteiger partial charge on any atom is -0.457 e. The number of nitrogens with zero attached hydrogens (tertiary/aromatic N) is 1. The quantitative estimate of drug-likeness (QED) is 0.404. The van der Waals surface area contributed by atoms with E-state index in [1.807, 2.05) is 12.1 Å². The predicted molar refractivity (Wildman–Crippen MR) is 131 cm³/mol. The molecule has 1 amide bonds. The van der Waals surface area contributed by atoms with E-state index < -0.39 is 10.0 Å². The predicted octanol–water partition coefficient (Wildman–Crippen LogP) is 4.53. The van der Waals surface area contributed by atoms with Gasteiger partial charge in [-0.15, -0.1) is 0 Å². The molecular formula is C26H26FN3O4S. The summed E-state index contributed by atoms with van der Waals surface area (Å²) in [6.45, 7) is 0.906. The van der Waals surface area contributed by atoms with Crippen LogP contribution in [0, 0.1) is 5.82 Å². The van der Waals surface area contributed by atoms with Crippen molar-refractivity contribution in [3.63, 3.8) is 0 Å². The second-order valence-electron chi connectivity index (χ2n) is 8.12. The first-order valence-electron chi connectivity index (χ1n) is 11.4. The van der Waals surface area contributed by atoms with Crippen LogP contribution in [-0.2, 0) is 21.4 Å². The van der Waals surface area contributed by atoms with E-state index in [2.05, 4.69) is 15.0 Å². The number of aliphatic imine (C=N–C) groups is 1. The van der Waals surface area contributed by atoms with Gasteiger partial charge < -0.3 is 10.1 Å². The van der Waals surface area contributed by atoms with Gasteiger partial charge in [0, 0.05) is 25.1 Å². The Bertz CT molecular complexity index is 1310. The number of nitrogens with one attached hydrogen (secondary N) is 2. The average Bonchev–Trinajstić information content (AvgIpc) is 3.12. The molecule has 4 rings (SSSR count). The van der Waals surface area contributed by atoms with Gasteiger partial charge in [0.25, 0.3) is 10.0 Å². The van der Waals surface area contributed by atoms with Crippen LogP contribution < -0.4 is 14.8 Å². The summed E-state index contributed by atoms with van der Waals surface area (Å²) in [4.78, 5) is 16.8. The highest BCUT2D eigenvalue weighted by Crippen LogP contribution is 2.23. The van der Waals surface area contributed by atoms with Crippen molar-refractivity contribution < 1.29 is 22.3 Å². The van der Waals surface area contributed by atoms with E-state index in [1.165, 1.54) is 12.1 Å². The number of rotatable bonds is 10. The molecule has 0 aliphatic carbocycles. The molecule has 3 aromatic rings. The third-order valence-electron chi connectivity index (χ3n) is 5.46. The number of hydrogen-bond acceptors (Lipinski definition) is 5. The first kappa shape index (κ1) is 24.4. The molecule has 9 heteroatoms. The number of amides is 1. The van der Waals surface area contributed by atoms with E-state index >= 15 is 0 Å². The van der Waals surface area contributed by atoms with Gasteiger partial charge in [0.1, 0.15) is 23.2 Å². The van der Waals surface area contributed by atoms with Gasteiger partial charge in [0.15, 0.2) is 0 Å². The molecule has 1 aliphatic rings. The van der Waals surface area contributed by atoms with Gasteiger partial charge >= 0.3 is 0 Å². The first-order chi connectivity index (χ1) is 16.9. The number of amidine groups is 1. The van der Waals surface area contributed by atoms with Crippen LogP contribution in [-0.4, -0.2) is 26.7 Å². The highest BCUT2D eigenvalue weighted by Gasteiger charge is 2.29.